The van der Waals surface area contributed by atoms with Crippen molar-refractivity contribution in [1.29, 1.82) is 0 Å². The van der Waals surface area contributed by atoms with Crippen molar-refractivity contribution in [3.63, 3.8) is 0 Å². The molecule has 0 saturated heterocycles. The highest BCUT2D eigenvalue weighted by Crippen LogP contribution is 2.30. The Bertz CT molecular complexity index is 1020. The summed E-state index contributed by atoms with van der Waals surface area (Å²) in [4.78, 5) is 24.4. The molecule has 2 aromatic carbocycles. The first-order valence-corrected chi connectivity index (χ1v) is 10.4. The smallest absolute Gasteiger partial charge is 0.340 e. The van der Waals surface area contributed by atoms with E-state index in [4.69, 9.17) is 14.2 Å². The number of para-hydroxylation sites is 1. The predicted octanol–water partition coefficient (Wildman–Crippen LogP) is 2.14. The Morgan fingerprint density at radius 3 is 2.33 bits per heavy atom. The van der Waals surface area contributed by atoms with Crippen LogP contribution >= 0.6 is 0 Å². The van der Waals surface area contributed by atoms with Crippen LogP contribution in [-0.2, 0) is 19.6 Å². The molecule has 0 saturated carbocycles. The summed E-state index contributed by atoms with van der Waals surface area (Å²) < 4.78 is 41.8. The highest BCUT2D eigenvalue weighted by molar-refractivity contribution is 7.89. The van der Waals surface area contributed by atoms with Crippen molar-refractivity contribution in [3.8, 4) is 11.5 Å². The maximum Gasteiger partial charge on any atom is 0.340 e. The number of carbonyl (C=O) groups excluding carboxylic acids is 2. The Hall–Kier alpha value is -3.11. The van der Waals surface area contributed by atoms with E-state index in [0.29, 0.717) is 5.75 Å². The van der Waals surface area contributed by atoms with Crippen LogP contribution in [0.1, 0.15) is 17.3 Å². The summed E-state index contributed by atoms with van der Waals surface area (Å²) in [5, 5.41) is 2.55. The van der Waals surface area contributed by atoms with Crippen LogP contribution in [0, 0.1) is 0 Å². The van der Waals surface area contributed by atoms with Gasteiger partial charge in [0.2, 0.25) is 15.9 Å². The fraction of sp³-hybridized carbons (Fsp3) is 0.300. The Kier molecular flexibility index (Phi) is 7.79. The first-order valence-electron chi connectivity index (χ1n) is 8.99. The number of hydrogen-bond acceptors (Lipinski definition) is 7. The molecular weight excluding hydrogens is 412 g/mol. The van der Waals surface area contributed by atoms with E-state index in [1.807, 2.05) is 0 Å². The van der Waals surface area contributed by atoms with E-state index < -0.39 is 28.4 Å². The number of benzene rings is 2. The van der Waals surface area contributed by atoms with E-state index in [0.717, 1.165) is 4.31 Å². The topological polar surface area (TPSA) is 111 Å². The van der Waals surface area contributed by atoms with Crippen molar-refractivity contribution in [3.05, 3.63) is 48.0 Å². The third kappa shape index (κ3) is 5.28. The minimum atomic E-state index is -3.97. The van der Waals surface area contributed by atoms with Gasteiger partial charge in [0.05, 0.1) is 43.5 Å². The molecule has 0 aliphatic rings. The van der Waals surface area contributed by atoms with Crippen LogP contribution in [0.5, 0.6) is 11.5 Å². The zero-order valence-electron chi connectivity index (χ0n) is 17.2. The summed E-state index contributed by atoms with van der Waals surface area (Å²) in [6.07, 6.45) is 0. The molecule has 10 heteroatoms. The molecule has 0 spiro atoms. The number of sulfonamides is 1. The highest BCUT2D eigenvalue weighted by Gasteiger charge is 2.25. The van der Waals surface area contributed by atoms with Crippen LogP contribution in [0.25, 0.3) is 0 Å². The third-order valence-electron chi connectivity index (χ3n) is 4.13. The van der Waals surface area contributed by atoms with Gasteiger partial charge in [0.15, 0.2) is 11.5 Å². The standard InChI is InChI=1S/C20H24N2O7S/c1-5-29-20(24)15-8-6-7-9-16(15)21-19(23)13-22(2)30(25,26)14-10-11-17(27-3)18(12-14)28-4/h6-12H,5,13H2,1-4H3,(H,21,23). The van der Waals surface area contributed by atoms with Crippen LogP contribution in [0.3, 0.4) is 0 Å². The number of hydrogen-bond donors (Lipinski definition) is 1. The van der Waals surface area contributed by atoms with E-state index in [1.165, 1.54) is 51.6 Å². The molecule has 2 rings (SSSR count). The normalized spacial score (nSPS) is 11.1. The van der Waals surface area contributed by atoms with E-state index in [2.05, 4.69) is 5.32 Å². The van der Waals surface area contributed by atoms with E-state index in [9.17, 15) is 18.0 Å². The van der Waals surface area contributed by atoms with Gasteiger partial charge in [-0.05, 0) is 31.2 Å². The van der Waals surface area contributed by atoms with Crippen molar-refractivity contribution in [1.82, 2.24) is 4.31 Å². The second-order valence-electron chi connectivity index (χ2n) is 6.09. The fourth-order valence-corrected chi connectivity index (χ4v) is 3.76. The van der Waals surface area contributed by atoms with Gasteiger partial charge in [-0.2, -0.15) is 4.31 Å². The number of rotatable bonds is 9. The second kappa shape index (κ2) is 10.1. The van der Waals surface area contributed by atoms with Crippen LogP contribution in [0.4, 0.5) is 5.69 Å². The summed E-state index contributed by atoms with van der Waals surface area (Å²) in [6.45, 7) is 1.40. The quantitative estimate of drug-likeness (QED) is 0.600. The number of anilines is 1. The summed E-state index contributed by atoms with van der Waals surface area (Å²) >= 11 is 0. The molecule has 0 fully saturated rings. The van der Waals surface area contributed by atoms with Crippen LogP contribution in [-0.4, -0.2) is 59.0 Å². The van der Waals surface area contributed by atoms with Crippen LogP contribution in [0.2, 0.25) is 0 Å². The Labute approximate surface area is 175 Å². The van der Waals surface area contributed by atoms with Crippen molar-refractivity contribution in [2.45, 2.75) is 11.8 Å². The maximum absolute atomic E-state index is 12.8. The molecular formula is C20H24N2O7S. The van der Waals surface area contributed by atoms with Gasteiger partial charge in [-0.1, -0.05) is 12.1 Å². The molecule has 1 N–H and O–H groups in total. The molecule has 162 valence electrons. The molecule has 30 heavy (non-hydrogen) atoms. The monoisotopic (exact) mass is 436 g/mol. The number of nitrogens with one attached hydrogen (secondary N) is 1. The van der Waals surface area contributed by atoms with Crippen molar-refractivity contribution in [2.24, 2.45) is 0 Å². The molecule has 0 aliphatic heterocycles. The number of nitrogens with zero attached hydrogens (tertiary/aromatic N) is 1. The molecule has 2 aromatic rings. The van der Waals surface area contributed by atoms with Gasteiger partial charge < -0.3 is 19.5 Å². The molecule has 0 radical (unpaired) electrons. The average molecular weight is 436 g/mol. The maximum atomic E-state index is 12.8. The molecule has 0 atom stereocenters. The van der Waals surface area contributed by atoms with Gasteiger partial charge in [-0.15, -0.1) is 0 Å². The van der Waals surface area contributed by atoms with E-state index >= 15 is 0 Å². The number of carbonyl (C=O) groups is 2. The lowest BCUT2D eigenvalue weighted by Gasteiger charge is -2.18. The number of methoxy groups -OCH3 is 2. The average Bonchev–Trinajstić information content (AvgIpc) is 2.73. The SMILES string of the molecule is CCOC(=O)c1ccccc1NC(=O)CN(C)S(=O)(=O)c1ccc(OC)c(OC)c1. The first kappa shape index (κ1) is 23.2. The molecule has 0 unspecified atom stereocenters. The van der Waals surface area contributed by atoms with Crippen molar-refractivity contribution >= 4 is 27.6 Å². The highest BCUT2D eigenvalue weighted by atomic mass is 32.2. The zero-order chi connectivity index (χ0) is 22.3. The minimum absolute atomic E-state index is 0.0534. The number of amides is 1. The predicted molar refractivity (Wildman–Crippen MR) is 110 cm³/mol. The molecule has 0 aliphatic carbocycles. The minimum Gasteiger partial charge on any atom is -0.493 e. The van der Waals surface area contributed by atoms with Crippen molar-refractivity contribution in [2.75, 3.05) is 39.7 Å². The largest absolute Gasteiger partial charge is 0.493 e. The molecule has 0 heterocycles. The van der Waals surface area contributed by atoms with Gasteiger partial charge in [-0.3, -0.25) is 4.79 Å². The van der Waals surface area contributed by atoms with Gasteiger partial charge in [0, 0.05) is 13.1 Å². The second-order valence-corrected chi connectivity index (χ2v) is 8.14. The number of ether oxygens (including phenoxy) is 3. The molecule has 0 aromatic heterocycles. The lowest BCUT2D eigenvalue weighted by atomic mass is 10.2. The Morgan fingerprint density at radius 2 is 1.70 bits per heavy atom. The van der Waals surface area contributed by atoms with Crippen LogP contribution < -0.4 is 14.8 Å². The van der Waals surface area contributed by atoms with Gasteiger partial charge in [-0.25, -0.2) is 13.2 Å². The Morgan fingerprint density at radius 1 is 1.03 bits per heavy atom. The van der Waals surface area contributed by atoms with Gasteiger partial charge in [0.25, 0.3) is 0 Å². The lowest BCUT2D eigenvalue weighted by Crippen LogP contribution is -2.35. The molecule has 0 bridgehead atoms. The summed E-state index contributed by atoms with van der Waals surface area (Å²) in [7, 11) is 0.143. The number of esters is 1. The summed E-state index contributed by atoms with van der Waals surface area (Å²) in [5.74, 6) is -0.565. The first-order chi connectivity index (χ1) is 14.2. The molecule has 1 amide bonds. The third-order valence-corrected chi connectivity index (χ3v) is 5.93. The van der Waals surface area contributed by atoms with Crippen molar-refractivity contribution < 1.29 is 32.2 Å². The molecule has 9 nitrogen and oxygen atoms in total. The van der Waals surface area contributed by atoms with E-state index in [1.54, 1.807) is 19.1 Å². The van der Waals surface area contributed by atoms with Gasteiger partial charge >= 0.3 is 5.97 Å². The van der Waals surface area contributed by atoms with Gasteiger partial charge in [0.1, 0.15) is 0 Å². The van der Waals surface area contributed by atoms with E-state index in [-0.39, 0.29) is 28.5 Å². The summed E-state index contributed by atoms with van der Waals surface area (Å²) in [5.41, 5.74) is 0.413. The fourth-order valence-electron chi connectivity index (χ4n) is 2.61. The number of likely N-dealkylation sites (N-methyl/N-ethyl adjacent to an activating group) is 1. The zero-order valence-corrected chi connectivity index (χ0v) is 18.0. The lowest BCUT2D eigenvalue weighted by molar-refractivity contribution is -0.116. The van der Waals surface area contributed by atoms with Crippen LogP contribution in [0.15, 0.2) is 47.4 Å². The summed E-state index contributed by atoms with van der Waals surface area (Å²) in [6, 6.07) is 10.5. The Balaban J connectivity index is 2.17.